The van der Waals surface area contributed by atoms with Crippen LogP contribution >= 0.6 is 0 Å². The number of aliphatic hydroxyl groups excluding tert-OH is 2. The molecule has 0 radical (unpaired) electrons. The number of carbonyl (C=O) groups excluding carboxylic acids is 1. The molecule has 0 aromatic heterocycles. The van der Waals surface area contributed by atoms with Gasteiger partial charge in [-0.1, -0.05) is 0 Å². The molecule has 0 saturated carbocycles. The molecule has 0 aliphatic rings. The van der Waals surface area contributed by atoms with E-state index in [9.17, 15) is 4.79 Å². The van der Waals surface area contributed by atoms with Crippen LogP contribution in [-0.2, 0) is 56.9 Å². The van der Waals surface area contributed by atoms with Crippen LogP contribution < -0.4 is 0 Å². The van der Waals surface area contributed by atoms with Crippen LogP contribution in [-0.4, -0.2) is 167 Å². The fourth-order valence-electron chi connectivity index (χ4n) is 2.76. The number of hydrogen-bond acceptors (Lipinski definition) is 14. The Kier molecular flexibility index (Phi) is 29.7. The fourth-order valence-corrected chi connectivity index (χ4v) is 2.76. The third kappa shape index (κ3) is 31.8. The van der Waals surface area contributed by atoms with E-state index in [1.807, 2.05) is 0 Å². The summed E-state index contributed by atoms with van der Waals surface area (Å²) < 4.78 is 59.3. The molecular formula is C27H54O14. The Labute approximate surface area is 244 Å². The molecule has 0 aliphatic heterocycles. The van der Waals surface area contributed by atoms with Gasteiger partial charge in [0.25, 0.3) is 0 Å². The molecule has 2 N–H and O–H groups in total. The zero-order chi connectivity index (χ0) is 30.3. The normalized spacial score (nSPS) is 12.6. The van der Waals surface area contributed by atoms with Crippen molar-refractivity contribution in [3.63, 3.8) is 0 Å². The number of hydrogen-bond donors (Lipinski definition) is 2. The van der Waals surface area contributed by atoms with E-state index in [0.29, 0.717) is 99.1 Å². The first kappa shape index (κ1) is 40.0. The lowest BCUT2D eigenvalue weighted by Crippen LogP contribution is -2.37. The molecule has 0 saturated heterocycles. The van der Waals surface area contributed by atoms with E-state index in [1.54, 1.807) is 20.8 Å². The second-order valence-electron chi connectivity index (χ2n) is 9.31. The van der Waals surface area contributed by atoms with Gasteiger partial charge in [0.1, 0.15) is 5.60 Å². The van der Waals surface area contributed by atoms with Gasteiger partial charge in [-0.15, -0.1) is 0 Å². The van der Waals surface area contributed by atoms with E-state index in [4.69, 9.17) is 62.3 Å². The van der Waals surface area contributed by atoms with Crippen molar-refractivity contribution in [3.8, 4) is 0 Å². The Morgan fingerprint density at radius 2 is 0.780 bits per heavy atom. The predicted octanol–water partition coefficient (Wildman–Crippen LogP) is -0.153. The van der Waals surface area contributed by atoms with Gasteiger partial charge >= 0.3 is 5.97 Å². The Hall–Kier alpha value is -1.01. The first-order chi connectivity index (χ1) is 19.9. The lowest BCUT2D eigenvalue weighted by Gasteiger charge is -2.24. The molecule has 0 aromatic carbocycles. The van der Waals surface area contributed by atoms with Crippen molar-refractivity contribution in [2.75, 3.05) is 139 Å². The van der Waals surface area contributed by atoms with Crippen LogP contribution in [0.2, 0.25) is 0 Å². The summed E-state index contributed by atoms with van der Waals surface area (Å²) in [6.07, 6.45) is -0.884. The first-order valence-corrected chi connectivity index (χ1v) is 14.2. The van der Waals surface area contributed by atoms with Gasteiger partial charge in [0.2, 0.25) is 0 Å². The first-order valence-electron chi connectivity index (χ1n) is 14.2. The third-order valence-corrected chi connectivity index (χ3v) is 4.56. The van der Waals surface area contributed by atoms with Gasteiger partial charge in [0.05, 0.1) is 139 Å². The summed E-state index contributed by atoms with van der Waals surface area (Å²) in [4.78, 5) is 12.5. The van der Waals surface area contributed by atoms with Crippen LogP contribution in [0.1, 0.15) is 20.8 Å². The van der Waals surface area contributed by atoms with E-state index in [2.05, 4.69) is 0 Å². The lowest BCUT2D eigenvalue weighted by atomic mass is 10.2. The Morgan fingerprint density at radius 3 is 1.10 bits per heavy atom. The van der Waals surface area contributed by atoms with Crippen molar-refractivity contribution in [2.45, 2.75) is 32.5 Å². The van der Waals surface area contributed by atoms with Gasteiger partial charge in [-0.2, -0.15) is 0 Å². The van der Waals surface area contributed by atoms with Crippen molar-refractivity contribution in [2.24, 2.45) is 0 Å². The van der Waals surface area contributed by atoms with Gasteiger partial charge in [0.15, 0.2) is 6.10 Å². The van der Waals surface area contributed by atoms with Crippen LogP contribution in [0.25, 0.3) is 0 Å². The average Bonchev–Trinajstić information content (AvgIpc) is 2.93. The van der Waals surface area contributed by atoms with Crippen molar-refractivity contribution in [3.05, 3.63) is 0 Å². The molecule has 0 aliphatic carbocycles. The second kappa shape index (κ2) is 30.4. The molecule has 0 rings (SSSR count). The Balaban J connectivity index is 3.81. The molecule has 1 atom stereocenters. The highest BCUT2D eigenvalue weighted by molar-refractivity contribution is 5.75. The number of ether oxygens (including phenoxy) is 11. The fraction of sp³-hybridized carbons (Fsp3) is 0.963. The largest absolute Gasteiger partial charge is 0.458 e. The molecule has 1 unspecified atom stereocenters. The number of carbonyl (C=O) groups is 1. The Bertz CT molecular complexity index is 547. The van der Waals surface area contributed by atoms with Gasteiger partial charge in [-0.05, 0) is 20.8 Å². The standard InChI is InChI=1S/C27H54O14/c1-27(2,3)41-26(30)25(40-23-22-38-19-18-36-15-13-34-11-9-32-7-5-29)24-39-21-20-37-17-16-35-14-12-33-10-8-31-6-4-28/h25,28-29H,4-24H2,1-3H3. The monoisotopic (exact) mass is 602 g/mol. The lowest BCUT2D eigenvalue weighted by molar-refractivity contribution is -0.174. The summed E-state index contributed by atoms with van der Waals surface area (Å²) in [7, 11) is 0. The van der Waals surface area contributed by atoms with Crippen LogP contribution in [0, 0.1) is 0 Å². The highest BCUT2D eigenvalue weighted by atomic mass is 16.6. The zero-order valence-electron chi connectivity index (χ0n) is 25.2. The van der Waals surface area contributed by atoms with Gasteiger partial charge < -0.3 is 62.3 Å². The predicted molar refractivity (Wildman–Crippen MR) is 147 cm³/mol. The summed E-state index contributed by atoms with van der Waals surface area (Å²) in [5.74, 6) is -0.501. The second-order valence-corrected chi connectivity index (χ2v) is 9.31. The quantitative estimate of drug-likeness (QED) is 0.0773. The third-order valence-electron chi connectivity index (χ3n) is 4.56. The van der Waals surface area contributed by atoms with E-state index in [1.165, 1.54) is 0 Å². The molecule has 0 heterocycles. The highest BCUT2D eigenvalue weighted by Crippen LogP contribution is 2.10. The van der Waals surface area contributed by atoms with Gasteiger partial charge in [-0.25, -0.2) is 4.79 Å². The van der Waals surface area contributed by atoms with Crippen molar-refractivity contribution >= 4 is 5.97 Å². The number of esters is 1. The molecular weight excluding hydrogens is 548 g/mol. The minimum Gasteiger partial charge on any atom is -0.458 e. The molecule has 0 amide bonds. The van der Waals surface area contributed by atoms with E-state index in [-0.39, 0.29) is 39.6 Å². The summed E-state index contributed by atoms with van der Waals surface area (Å²) in [5.41, 5.74) is -0.648. The van der Waals surface area contributed by atoms with Crippen molar-refractivity contribution < 1.29 is 67.1 Å². The SMILES string of the molecule is CC(C)(C)OC(=O)C(COCCOCCOCCOCCOCCO)OCCOCCOCCOCCOCCO. The van der Waals surface area contributed by atoms with Gasteiger partial charge in [0, 0.05) is 0 Å². The van der Waals surface area contributed by atoms with Crippen molar-refractivity contribution in [1.29, 1.82) is 0 Å². The minimum atomic E-state index is -0.884. The smallest absolute Gasteiger partial charge is 0.338 e. The summed E-state index contributed by atoms with van der Waals surface area (Å²) in [6.45, 7) is 12.3. The van der Waals surface area contributed by atoms with Crippen molar-refractivity contribution in [1.82, 2.24) is 0 Å². The van der Waals surface area contributed by atoms with Crippen LogP contribution in [0.5, 0.6) is 0 Å². The topological polar surface area (TPSA) is 159 Å². The molecule has 0 fully saturated rings. The molecule has 246 valence electrons. The maximum Gasteiger partial charge on any atom is 0.338 e. The summed E-state index contributed by atoms with van der Waals surface area (Å²) >= 11 is 0. The van der Waals surface area contributed by atoms with E-state index < -0.39 is 17.7 Å². The van der Waals surface area contributed by atoms with Crippen LogP contribution in [0.3, 0.4) is 0 Å². The summed E-state index contributed by atoms with van der Waals surface area (Å²) in [5, 5.41) is 17.2. The van der Waals surface area contributed by atoms with E-state index in [0.717, 1.165) is 0 Å². The zero-order valence-corrected chi connectivity index (χ0v) is 25.2. The molecule has 14 heteroatoms. The minimum absolute atomic E-state index is 0.000344. The van der Waals surface area contributed by atoms with Crippen LogP contribution in [0.4, 0.5) is 0 Å². The summed E-state index contributed by atoms with van der Waals surface area (Å²) in [6, 6.07) is 0. The highest BCUT2D eigenvalue weighted by Gasteiger charge is 2.26. The molecule has 0 bridgehead atoms. The molecule has 0 aromatic rings. The average molecular weight is 603 g/mol. The molecule has 0 spiro atoms. The maximum absolute atomic E-state index is 12.5. The molecule has 14 nitrogen and oxygen atoms in total. The van der Waals surface area contributed by atoms with E-state index >= 15 is 0 Å². The molecule has 41 heavy (non-hydrogen) atoms. The Morgan fingerprint density at radius 1 is 0.488 bits per heavy atom. The van der Waals surface area contributed by atoms with Gasteiger partial charge in [-0.3, -0.25) is 0 Å². The number of rotatable bonds is 32. The maximum atomic E-state index is 12.5. The van der Waals surface area contributed by atoms with Crippen LogP contribution in [0.15, 0.2) is 0 Å². The number of aliphatic hydroxyl groups is 2.